The fourth-order valence-electron chi connectivity index (χ4n) is 1.81. The fraction of sp³-hybridized carbons (Fsp3) is 0.143. The number of aliphatic imine (C=N–C) groups is 1. The van der Waals surface area contributed by atoms with Crippen molar-refractivity contribution in [2.24, 2.45) is 10.7 Å². The van der Waals surface area contributed by atoms with Gasteiger partial charge >= 0.3 is 5.69 Å². The molecule has 0 fully saturated rings. The standard InChI is InChI=1S/C14H15N5O3/c1-22-12-7-3-2-5-10(12)9-17-14(15)18-13-11(19(20)21)6-4-8-16-13/h2-8H,9H2,1H3,(H3,15,16,17,18). The normalized spacial score (nSPS) is 11.0. The number of guanidine groups is 1. The summed E-state index contributed by atoms with van der Waals surface area (Å²) >= 11 is 0. The van der Waals surface area contributed by atoms with Crippen LogP contribution in [0.4, 0.5) is 11.5 Å². The summed E-state index contributed by atoms with van der Waals surface area (Å²) in [6, 6.07) is 10.2. The quantitative estimate of drug-likeness (QED) is 0.377. The van der Waals surface area contributed by atoms with Gasteiger partial charge in [0.2, 0.25) is 5.82 Å². The maximum absolute atomic E-state index is 10.9. The van der Waals surface area contributed by atoms with Crippen LogP contribution in [0.3, 0.4) is 0 Å². The second-order valence-electron chi connectivity index (χ2n) is 4.27. The molecule has 0 bridgehead atoms. The van der Waals surface area contributed by atoms with Gasteiger partial charge in [0.1, 0.15) is 5.75 Å². The molecule has 8 nitrogen and oxygen atoms in total. The molecule has 0 amide bonds. The lowest BCUT2D eigenvalue weighted by Gasteiger charge is -2.07. The summed E-state index contributed by atoms with van der Waals surface area (Å²) in [5, 5.41) is 13.5. The predicted molar refractivity (Wildman–Crippen MR) is 82.8 cm³/mol. The molecular weight excluding hydrogens is 286 g/mol. The van der Waals surface area contributed by atoms with Gasteiger partial charge in [-0.2, -0.15) is 0 Å². The van der Waals surface area contributed by atoms with Crippen molar-refractivity contribution in [3.8, 4) is 5.75 Å². The Bertz CT molecular complexity index is 702. The zero-order valence-electron chi connectivity index (χ0n) is 11.9. The highest BCUT2D eigenvalue weighted by molar-refractivity contribution is 5.93. The molecule has 1 heterocycles. The van der Waals surface area contributed by atoms with Crippen molar-refractivity contribution in [1.29, 1.82) is 0 Å². The first-order valence-corrected chi connectivity index (χ1v) is 6.40. The van der Waals surface area contributed by atoms with Crippen LogP contribution in [0.15, 0.2) is 47.6 Å². The summed E-state index contributed by atoms with van der Waals surface area (Å²) in [4.78, 5) is 18.4. The summed E-state index contributed by atoms with van der Waals surface area (Å²) in [6.07, 6.45) is 1.43. The van der Waals surface area contributed by atoms with Crippen LogP contribution < -0.4 is 15.8 Å². The Hall–Kier alpha value is -3.16. The van der Waals surface area contributed by atoms with Gasteiger partial charge in [-0.3, -0.25) is 10.1 Å². The van der Waals surface area contributed by atoms with Crippen LogP contribution in [0.2, 0.25) is 0 Å². The molecule has 2 rings (SSSR count). The lowest BCUT2D eigenvalue weighted by molar-refractivity contribution is -0.384. The highest BCUT2D eigenvalue weighted by Gasteiger charge is 2.14. The molecule has 8 heteroatoms. The lowest BCUT2D eigenvalue weighted by atomic mass is 10.2. The first-order valence-electron chi connectivity index (χ1n) is 6.40. The molecular formula is C14H15N5O3. The molecule has 0 atom stereocenters. The van der Waals surface area contributed by atoms with Crippen molar-refractivity contribution in [2.45, 2.75) is 6.54 Å². The summed E-state index contributed by atoms with van der Waals surface area (Å²) in [5.41, 5.74) is 6.43. The number of nitrogens with zero attached hydrogens (tertiary/aromatic N) is 3. The van der Waals surface area contributed by atoms with E-state index in [9.17, 15) is 10.1 Å². The SMILES string of the molecule is COc1ccccc1CN=C(N)Nc1ncccc1[N+](=O)[O-]. The van der Waals surface area contributed by atoms with E-state index in [0.29, 0.717) is 5.75 Å². The molecule has 114 valence electrons. The fourth-order valence-corrected chi connectivity index (χ4v) is 1.81. The summed E-state index contributed by atoms with van der Waals surface area (Å²) in [6.45, 7) is 0.281. The van der Waals surface area contributed by atoms with E-state index in [1.165, 1.54) is 18.3 Å². The van der Waals surface area contributed by atoms with Gasteiger partial charge < -0.3 is 15.8 Å². The van der Waals surface area contributed by atoms with Crippen molar-refractivity contribution in [2.75, 3.05) is 12.4 Å². The van der Waals surface area contributed by atoms with Crippen LogP contribution in [-0.4, -0.2) is 23.0 Å². The molecule has 1 aromatic carbocycles. The molecule has 0 saturated heterocycles. The number of nitro groups is 1. The van der Waals surface area contributed by atoms with Crippen LogP contribution in [0, 0.1) is 10.1 Å². The Morgan fingerprint density at radius 2 is 2.18 bits per heavy atom. The molecule has 0 radical (unpaired) electrons. The highest BCUT2D eigenvalue weighted by Crippen LogP contribution is 2.20. The predicted octanol–water partition coefficient (Wildman–Crippen LogP) is 1.93. The molecule has 2 aromatic rings. The van der Waals surface area contributed by atoms with Crippen molar-refractivity contribution in [1.82, 2.24) is 4.98 Å². The smallest absolute Gasteiger partial charge is 0.311 e. The average molecular weight is 301 g/mol. The second-order valence-corrected chi connectivity index (χ2v) is 4.27. The molecule has 1 aromatic heterocycles. The van der Waals surface area contributed by atoms with Gasteiger partial charge in [0, 0.05) is 17.8 Å². The van der Waals surface area contributed by atoms with E-state index < -0.39 is 4.92 Å². The van der Waals surface area contributed by atoms with Crippen LogP contribution in [-0.2, 0) is 6.54 Å². The Morgan fingerprint density at radius 3 is 2.91 bits per heavy atom. The summed E-state index contributed by atoms with van der Waals surface area (Å²) < 4.78 is 5.21. The van der Waals surface area contributed by atoms with Crippen molar-refractivity contribution < 1.29 is 9.66 Å². The molecule has 0 aliphatic heterocycles. The number of para-hydroxylation sites is 1. The number of pyridine rings is 1. The minimum atomic E-state index is -0.539. The van der Waals surface area contributed by atoms with Gasteiger partial charge in [0.25, 0.3) is 0 Å². The number of hydrogen-bond donors (Lipinski definition) is 2. The number of methoxy groups -OCH3 is 1. The number of anilines is 1. The summed E-state index contributed by atoms with van der Waals surface area (Å²) in [7, 11) is 1.57. The Morgan fingerprint density at radius 1 is 1.41 bits per heavy atom. The number of rotatable bonds is 5. The maximum Gasteiger partial charge on any atom is 0.311 e. The molecule has 0 unspecified atom stereocenters. The van der Waals surface area contributed by atoms with Crippen LogP contribution in [0.25, 0.3) is 0 Å². The van der Waals surface area contributed by atoms with E-state index in [1.54, 1.807) is 7.11 Å². The number of nitrogens with two attached hydrogens (primary N) is 1. The minimum Gasteiger partial charge on any atom is -0.496 e. The number of benzene rings is 1. The van der Waals surface area contributed by atoms with E-state index in [2.05, 4.69) is 15.3 Å². The number of hydrogen-bond acceptors (Lipinski definition) is 5. The maximum atomic E-state index is 10.9. The van der Waals surface area contributed by atoms with Crippen molar-refractivity contribution in [3.05, 3.63) is 58.3 Å². The third-order valence-electron chi connectivity index (χ3n) is 2.84. The number of nitrogens with one attached hydrogen (secondary N) is 1. The number of aromatic nitrogens is 1. The third kappa shape index (κ3) is 3.69. The van der Waals surface area contributed by atoms with E-state index in [4.69, 9.17) is 10.5 Å². The zero-order valence-corrected chi connectivity index (χ0v) is 11.9. The Balaban J connectivity index is 2.12. The monoisotopic (exact) mass is 301 g/mol. The van der Waals surface area contributed by atoms with Crippen LogP contribution >= 0.6 is 0 Å². The first kappa shape index (κ1) is 15.2. The van der Waals surface area contributed by atoms with Crippen LogP contribution in [0.1, 0.15) is 5.56 Å². The van der Waals surface area contributed by atoms with Crippen molar-refractivity contribution >= 4 is 17.5 Å². The largest absolute Gasteiger partial charge is 0.496 e. The van der Waals surface area contributed by atoms with Crippen LogP contribution in [0.5, 0.6) is 5.75 Å². The molecule has 22 heavy (non-hydrogen) atoms. The molecule has 0 spiro atoms. The number of ether oxygens (including phenoxy) is 1. The summed E-state index contributed by atoms with van der Waals surface area (Å²) in [5.74, 6) is 0.782. The molecule has 0 saturated carbocycles. The third-order valence-corrected chi connectivity index (χ3v) is 2.84. The second kappa shape index (κ2) is 7.02. The Labute approximate surface area is 126 Å². The van der Waals surface area contributed by atoms with Gasteiger partial charge in [0.05, 0.1) is 18.6 Å². The topological polar surface area (TPSA) is 116 Å². The van der Waals surface area contributed by atoms with Crippen molar-refractivity contribution in [3.63, 3.8) is 0 Å². The average Bonchev–Trinajstić information content (AvgIpc) is 2.53. The Kier molecular flexibility index (Phi) is 4.86. The lowest BCUT2D eigenvalue weighted by Crippen LogP contribution is -2.23. The molecule has 3 N–H and O–H groups in total. The first-order chi connectivity index (χ1) is 10.6. The van der Waals surface area contributed by atoms with E-state index in [-0.39, 0.29) is 24.0 Å². The van der Waals surface area contributed by atoms with E-state index in [1.807, 2.05) is 24.3 Å². The van der Waals surface area contributed by atoms with Gasteiger partial charge in [0.15, 0.2) is 5.96 Å². The van der Waals surface area contributed by atoms with Gasteiger partial charge in [-0.05, 0) is 12.1 Å². The molecule has 0 aliphatic carbocycles. The zero-order chi connectivity index (χ0) is 15.9. The minimum absolute atomic E-state index is 0.0349. The van der Waals surface area contributed by atoms with Gasteiger partial charge in [-0.1, -0.05) is 18.2 Å². The highest BCUT2D eigenvalue weighted by atomic mass is 16.6. The van der Waals surface area contributed by atoms with Gasteiger partial charge in [-0.15, -0.1) is 0 Å². The van der Waals surface area contributed by atoms with E-state index in [0.717, 1.165) is 5.56 Å². The van der Waals surface area contributed by atoms with Gasteiger partial charge in [-0.25, -0.2) is 9.98 Å². The molecule has 0 aliphatic rings. The van der Waals surface area contributed by atoms with E-state index >= 15 is 0 Å².